The number of nitrogens with two attached hydrogens (primary N) is 1. The Hall–Kier alpha value is -3.29. The van der Waals surface area contributed by atoms with Crippen molar-refractivity contribution in [1.82, 2.24) is 15.0 Å². The van der Waals surface area contributed by atoms with Gasteiger partial charge in [0.05, 0.1) is 6.61 Å². The lowest BCUT2D eigenvalue weighted by atomic mass is 10.2. The second-order valence-corrected chi connectivity index (χ2v) is 4.29. The first-order chi connectivity index (χ1) is 11.1. The summed E-state index contributed by atoms with van der Waals surface area (Å²) in [5, 5.41) is 2.75. The quantitative estimate of drug-likeness (QED) is 0.351. The molecule has 8 nitrogen and oxygen atoms in total. The molecule has 0 bridgehead atoms. The molecule has 0 aliphatic carbocycles. The van der Waals surface area contributed by atoms with Crippen LogP contribution in [-0.2, 0) is 14.3 Å². The van der Waals surface area contributed by atoms with Crippen molar-refractivity contribution in [2.45, 2.75) is 6.92 Å². The fraction of sp³-hybridized carbons (Fsp3) is 0.133. The minimum Gasteiger partial charge on any atom is -0.462 e. The molecule has 0 aliphatic rings. The van der Waals surface area contributed by atoms with E-state index in [1.807, 2.05) is 0 Å². The average molecular weight is 313 g/mol. The number of aromatic nitrogens is 3. The number of ether oxygens (including phenoxy) is 1. The molecule has 0 aliphatic heterocycles. The third-order valence-corrected chi connectivity index (χ3v) is 2.72. The highest BCUT2D eigenvalue weighted by molar-refractivity contribution is 6.15. The molecule has 0 radical (unpaired) electrons. The molecule has 0 spiro atoms. The number of hydrogen-bond acceptors (Lipinski definition) is 7. The van der Waals surface area contributed by atoms with Crippen LogP contribution < -0.4 is 11.1 Å². The molecule has 0 atom stereocenters. The van der Waals surface area contributed by atoms with Crippen LogP contribution in [0.2, 0.25) is 0 Å². The number of carbonyl (C=O) groups excluding carboxylic acids is 2. The summed E-state index contributed by atoms with van der Waals surface area (Å²) in [6.45, 7) is 1.78. The van der Waals surface area contributed by atoms with E-state index in [0.717, 1.165) is 5.56 Å². The SMILES string of the molecule is CCOC(=O)C(=CNc1ccnc(-c2ccncc2)n1)C(N)=O. The Morgan fingerprint density at radius 2 is 2.00 bits per heavy atom. The Balaban J connectivity index is 2.21. The molecule has 0 aromatic carbocycles. The van der Waals surface area contributed by atoms with Crippen molar-refractivity contribution in [2.75, 3.05) is 11.9 Å². The van der Waals surface area contributed by atoms with E-state index in [1.165, 1.54) is 6.20 Å². The fourth-order valence-corrected chi connectivity index (χ4v) is 1.66. The van der Waals surface area contributed by atoms with Crippen LogP contribution in [0.1, 0.15) is 6.92 Å². The van der Waals surface area contributed by atoms with Crippen molar-refractivity contribution < 1.29 is 14.3 Å². The zero-order valence-electron chi connectivity index (χ0n) is 12.4. The summed E-state index contributed by atoms with van der Waals surface area (Å²) < 4.78 is 4.76. The number of nitrogens with one attached hydrogen (secondary N) is 1. The highest BCUT2D eigenvalue weighted by Gasteiger charge is 2.16. The maximum absolute atomic E-state index is 11.6. The van der Waals surface area contributed by atoms with Gasteiger partial charge in [-0.25, -0.2) is 14.8 Å². The van der Waals surface area contributed by atoms with Gasteiger partial charge in [0.2, 0.25) is 0 Å². The number of carbonyl (C=O) groups is 2. The largest absolute Gasteiger partial charge is 0.462 e. The van der Waals surface area contributed by atoms with Gasteiger partial charge in [-0.05, 0) is 25.1 Å². The molecule has 0 saturated heterocycles. The number of nitrogens with zero attached hydrogens (tertiary/aromatic N) is 3. The standard InChI is InChI=1S/C15H15N5O3/c1-2-23-15(22)11(13(16)21)9-19-12-5-8-18-14(20-12)10-3-6-17-7-4-10/h3-9H,2H2,1H3,(H2,16,21)(H,18,19,20). The minimum atomic E-state index is -0.889. The Morgan fingerprint density at radius 3 is 2.65 bits per heavy atom. The molecule has 2 aromatic rings. The highest BCUT2D eigenvalue weighted by atomic mass is 16.5. The molecule has 0 fully saturated rings. The zero-order valence-corrected chi connectivity index (χ0v) is 12.4. The van der Waals surface area contributed by atoms with E-state index in [4.69, 9.17) is 10.5 Å². The van der Waals surface area contributed by atoms with Gasteiger partial charge in [0.15, 0.2) is 5.82 Å². The van der Waals surface area contributed by atoms with Gasteiger partial charge < -0.3 is 15.8 Å². The molecule has 8 heteroatoms. The molecular weight excluding hydrogens is 298 g/mol. The summed E-state index contributed by atoms with van der Waals surface area (Å²) in [5.41, 5.74) is 5.66. The topological polar surface area (TPSA) is 120 Å². The van der Waals surface area contributed by atoms with Crippen molar-refractivity contribution in [3.8, 4) is 11.4 Å². The summed E-state index contributed by atoms with van der Waals surface area (Å²) in [6.07, 6.45) is 5.97. The van der Waals surface area contributed by atoms with E-state index < -0.39 is 11.9 Å². The second-order valence-electron chi connectivity index (χ2n) is 4.29. The Kier molecular flexibility index (Phi) is 5.35. The van der Waals surface area contributed by atoms with E-state index in [1.54, 1.807) is 43.7 Å². The Labute approximate surface area is 132 Å². The fourth-order valence-electron chi connectivity index (χ4n) is 1.66. The average Bonchev–Trinajstić information content (AvgIpc) is 2.56. The molecule has 1 amide bonds. The van der Waals surface area contributed by atoms with Crippen LogP contribution in [0, 0.1) is 0 Å². The van der Waals surface area contributed by atoms with Crippen molar-refractivity contribution in [3.63, 3.8) is 0 Å². The predicted octanol–water partition coefficient (Wildman–Crippen LogP) is 0.883. The van der Waals surface area contributed by atoms with Crippen molar-refractivity contribution >= 4 is 17.7 Å². The van der Waals surface area contributed by atoms with Crippen LogP contribution in [0.3, 0.4) is 0 Å². The van der Waals surface area contributed by atoms with E-state index in [9.17, 15) is 9.59 Å². The molecule has 2 heterocycles. The van der Waals surface area contributed by atoms with Gasteiger partial charge >= 0.3 is 5.97 Å². The van der Waals surface area contributed by atoms with Crippen LogP contribution in [0.15, 0.2) is 48.6 Å². The summed E-state index contributed by atoms with van der Waals surface area (Å²) in [5.74, 6) is -0.812. The third-order valence-electron chi connectivity index (χ3n) is 2.72. The molecule has 23 heavy (non-hydrogen) atoms. The molecule has 2 aromatic heterocycles. The number of amides is 1. The van der Waals surface area contributed by atoms with E-state index in [-0.39, 0.29) is 12.2 Å². The summed E-state index contributed by atoms with van der Waals surface area (Å²) in [4.78, 5) is 35.3. The first kappa shape index (κ1) is 16.1. The molecule has 3 N–H and O–H groups in total. The zero-order chi connectivity index (χ0) is 16.7. The van der Waals surface area contributed by atoms with Crippen molar-refractivity contribution in [3.05, 3.63) is 48.6 Å². The van der Waals surface area contributed by atoms with Crippen LogP contribution in [0.25, 0.3) is 11.4 Å². The lowest BCUT2D eigenvalue weighted by Gasteiger charge is -2.06. The number of esters is 1. The van der Waals surface area contributed by atoms with Gasteiger partial charge in [0, 0.05) is 30.4 Å². The Morgan fingerprint density at radius 1 is 1.26 bits per heavy atom. The van der Waals surface area contributed by atoms with Gasteiger partial charge in [-0.2, -0.15) is 0 Å². The Bertz CT molecular complexity index is 731. The molecule has 118 valence electrons. The first-order valence-corrected chi connectivity index (χ1v) is 6.79. The molecular formula is C15H15N5O3. The van der Waals surface area contributed by atoms with E-state index >= 15 is 0 Å². The number of primary amides is 1. The van der Waals surface area contributed by atoms with Crippen LogP contribution >= 0.6 is 0 Å². The summed E-state index contributed by atoms with van der Waals surface area (Å²) >= 11 is 0. The second kappa shape index (κ2) is 7.64. The van der Waals surface area contributed by atoms with E-state index in [2.05, 4.69) is 20.3 Å². The lowest BCUT2D eigenvalue weighted by Crippen LogP contribution is -2.23. The molecule has 0 saturated carbocycles. The molecule has 0 unspecified atom stereocenters. The van der Waals surface area contributed by atoms with Gasteiger partial charge in [0.25, 0.3) is 5.91 Å². The molecule has 2 rings (SSSR count). The van der Waals surface area contributed by atoms with Crippen molar-refractivity contribution in [2.24, 2.45) is 5.73 Å². The lowest BCUT2D eigenvalue weighted by molar-refractivity contribution is -0.139. The minimum absolute atomic E-state index is 0.142. The summed E-state index contributed by atoms with van der Waals surface area (Å²) in [6, 6.07) is 5.12. The third kappa shape index (κ3) is 4.34. The maximum Gasteiger partial charge on any atom is 0.345 e. The monoisotopic (exact) mass is 313 g/mol. The maximum atomic E-state index is 11.6. The predicted molar refractivity (Wildman–Crippen MR) is 82.8 cm³/mol. The van der Waals surface area contributed by atoms with Crippen molar-refractivity contribution in [1.29, 1.82) is 0 Å². The van der Waals surface area contributed by atoms with Crippen LogP contribution in [0.5, 0.6) is 0 Å². The highest BCUT2D eigenvalue weighted by Crippen LogP contribution is 2.15. The number of hydrogen-bond donors (Lipinski definition) is 2. The normalized spacial score (nSPS) is 10.9. The van der Waals surface area contributed by atoms with Gasteiger partial charge in [-0.15, -0.1) is 0 Å². The van der Waals surface area contributed by atoms with Gasteiger partial charge in [0.1, 0.15) is 11.4 Å². The van der Waals surface area contributed by atoms with Crippen LogP contribution in [-0.4, -0.2) is 33.4 Å². The van der Waals surface area contributed by atoms with Gasteiger partial charge in [-0.1, -0.05) is 0 Å². The van der Waals surface area contributed by atoms with Crippen LogP contribution in [0.4, 0.5) is 5.82 Å². The van der Waals surface area contributed by atoms with E-state index in [0.29, 0.717) is 11.6 Å². The summed E-state index contributed by atoms with van der Waals surface area (Å²) in [7, 11) is 0. The first-order valence-electron chi connectivity index (χ1n) is 6.79. The van der Waals surface area contributed by atoms with Gasteiger partial charge in [-0.3, -0.25) is 9.78 Å². The number of pyridine rings is 1. The number of rotatable bonds is 6. The number of anilines is 1. The smallest absolute Gasteiger partial charge is 0.345 e.